The fraction of sp³-hybridized carbons (Fsp3) is 1.00. The smallest absolute Gasteiger partial charge is 0.00218 e. The maximum Gasteiger partial charge on any atom is 0.00218 e. The number of nitrogens with one attached hydrogen (secondary N) is 1. The van der Waals surface area contributed by atoms with Gasteiger partial charge in [-0.2, -0.15) is 0 Å². The zero-order chi connectivity index (χ0) is 11.6. The molecule has 0 amide bonds. The maximum atomic E-state index is 3.32. The van der Waals surface area contributed by atoms with Crippen LogP contribution in [0.2, 0.25) is 0 Å². The summed E-state index contributed by atoms with van der Waals surface area (Å²) in [5.74, 6) is 0.898. The number of rotatable bonds is 8. The number of nitrogens with zero attached hydrogens (tertiary/aromatic N) is 1. The van der Waals surface area contributed by atoms with Gasteiger partial charge in [0, 0.05) is 6.54 Å². The Kier molecular flexibility index (Phi) is 7.87. The van der Waals surface area contributed by atoms with Gasteiger partial charge in [-0.05, 0) is 51.9 Å². The van der Waals surface area contributed by atoms with Crippen molar-refractivity contribution in [3.05, 3.63) is 0 Å². The van der Waals surface area contributed by atoms with Gasteiger partial charge in [-0.3, -0.25) is 0 Å². The normalized spacial score (nSPS) is 22.5. The molecule has 2 heteroatoms. The minimum atomic E-state index is 0.898. The zero-order valence-corrected chi connectivity index (χ0v) is 11.3. The molecule has 1 unspecified atom stereocenters. The number of unbranched alkanes of at least 4 members (excludes halogenated alkanes) is 4. The van der Waals surface area contributed by atoms with Crippen LogP contribution in [0, 0.1) is 5.92 Å². The average Bonchev–Trinajstić information content (AvgIpc) is 2.30. The van der Waals surface area contributed by atoms with Gasteiger partial charge in [0.2, 0.25) is 0 Å². The highest BCUT2D eigenvalue weighted by atomic mass is 15.1. The summed E-state index contributed by atoms with van der Waals surface area (Å²) < 4.78 is 0. The predicted octanol–water partition coefficient (Wildman–Crippen LogP) is 2.89. The van der Waals surface area contributed by atoms with Crippen molar-refractivity contribution in [1.29, 1.82) is 0 Å². The number of hydrogen-bond acceptors (Lipinski definition) is 2. The van der Waals surface area contributed by atoms with Crippen LogP contribution in [-0.2, 0) is 0 Å². The van der Waals surface area contributed by atoms with E-state index in [1.54, 1.807) is 0 Å². The molecule has 1 heterocycles. The summed E-state index contributed by atoms with van der Waals surface area (Å²) in [7, 11) is 2.07. The van der Waals surface area contributed by atoms with Crippen LogP contribution in [-0.4, -0.2) is 38.1 Å². The van der Waals surface area contributed by atoms with Gasteiger partial charge in [0.15, 0.2) is 0 Å². The second-order valence-corrected chi connectivity index (χ2v) is 5.28. The van der Waals surface area contributed by atoms with Crippen LogP contribution >= 0.6 is 0 Å². The van der Waals surface area contributed by atoms with E-state index in [2.05, 4.69) is 24.2 Å². The van der Waals surface area contributed by atoms with Gasteiger partial charge < -0.3 is 10.2 Å². The Bertz CT molecular complexity index is 157. The van der Waals surface area contributed by atoms with Crippen LogP contribution in [0.15, 0.2) is 0 Å². The lowest BCUT2D eigenvalue weighted by Gasteiger charge is -2.32. The van der Waals surface area contributed by atoms with E-state index in [0.717, 1.165) is 5.92 Å². The zero-order valence-electron chi connectivity index (χ0n) is 11.3. The Morgan fingerprint density at radius 2 is 2.00 bits per heavy atom. The number of piperidine rings is 1. The van der Waals surface area contributed by atoms with Crippen molar-refractivity contribution < 1.29 is 0 Å². The molecule has 2 nitrogen and oxygen atoms in total. The quantitative estimate of drug-likeness (QED) is 0.640. The van der Waals surface area contributed by atoms with Crippen LogP contribution in [0.4, 0.5) is 0 Å². The first kappa shape index (κ1) is 14.0. The van der Waals surface area contributed by atoms with Crippen molar-refractivity contribution in [2.24, 2.45) is 5.92 Å². The van der Waals surface area contributed by atoms with Gasteiger partial charge in [0.25, 0.3) is 0 Å². The lowest BCUT2D eigenvalue weighted by molar-refractivity contribution is 0.171. The van der Waals surface area contributed by atoms with E-state index in [9.17, 15) is 0 Å². The Hall–Kier alpha value is -0.0800. The van der Waals surface area contributed by atoms with Crippen LogP contribution in [0.3, 0.4) is 0 Å². The summed E-state index contributed by atoms with van der Waals surface area (Å²) in [6.07, 6.45) is 9.88. The monoisotopic (exact) mass is 226 g/mol. The first-order chi connectivity index (χ1) is 7.86. The molecule has 1 saturated heterocycles. The highest BCUT2D eigenvalue weighted by molar-refractivity contribution is 4.73. The summed E-state index contributed by atoms with van der Waals surface area (Å²) in [5, 5.41) is 3.32. The molecule has 0 bridgehead atoms. The van der Waals surface area contributed by atoms with Crippen molar-refractivity contribution >= 4 is 0 Å². The van der Waals surface area contributed by atoms with Crippen molar-refractivity contribution in [1.82, 2.24) is 10.2 Å². The van der Waals surface area contributed by atoms with E-state index >= 15 is 0 Å². The van der Waals surface area contributed by atoms with Crippen molar-refractivity contribution in [3.63, 3.8) is 0 Å². The molecule has 1 rings (SSSR count). The molecule has 0 radical (unpaired) electrons. The molecule has 1 aliphatic rings. The van der Waals surface area contributed by atoms with E-state index in [1.807, 2.05) is 0 Å². The third kappa shape index (κ3) is 5.86. The highest BCUT2D eigenvalue weighted by Gasteiger charge is 2.18. The molecule has 96 valence electrons. The molecule has 16 heavy (non-hydrogen) atoms. The van der Waals surface area contributed by atoms with Crippen LogP contribution < -0.4 is 5.32 Å². The predicted molar refractivity (Wildman–Crippen MR) is 71.8 cm³/mol. The molecular formula is C14H30N2. The van der Waals surface area contributed by atoms with Crippen molar-refractivity contribution in [3.8, 4) is 0 Å². The first-order valence-electron chi connectivity index (χ1n) is 7.23. The third-order valence-corrected chi connectivity index (χ3v) is 3.67. The largest absolute Gasteiger partial charge is 0.319 e. The van der Waals surface area contributed by atoms with E-state index in [0.29, 0.717) is 0 Å². The molecule has 0 saturated carbocycles. The van der Waals surface area contributed by atoms with Gasteiger partial charge in [-0.15, -0.1) is 0 Å². The molecule has 0 aromatic carbocycles. The molecule has 0 aromatic heterocycles. The summed E-state index contributed by atoms with van der Waals surface area (Å²) in [5.41, 5.74) is 0. The Balaban J connectivity index is 2.02. The average molecular weight is 226 g/mol. The Morgan fingerprint density at radius 1 is 1.19 bits per heavy atom. The lowest BCUT2D eigenvalue weighted by Crippen LogP contribution is -2.39. The third-order valence-electron chi connectivity index (χ3n) is 3.67. The fourth-order valence-electron chi connectivity index (χ4n) is 2.75. The minimum absolute atomic E-state index is 0.898. The van der Waals surface area contributed by atoms with Crippen molar-refractivity contribution in [2.75, 3.05) is 33.2 Å². The second kappa shape index (κ2) is 9.00. The molecule has 1 atom stereocenters. The van der Waals surface area contributed by atoms with Crippen LogP contribution in [0.25, 0.3) is 0 Å². The molecule has 1 aliphatic heterocycles. The molecule has 0 aromatic rings. The van der Waals surface area contributed by atoms with Gasteiger partial charge in [0.05, 0.1) is 0 Å². The van der Waals surface area contributed by atoms with Crippen molar-refractivity contribution in [2.45, 2.75) is 51.9 Å². The number of likely N-dealkylation sites (tertiary alicyclic amines) is 1. The summed E-state index contributed by atoms with van der Waals surface area (Å²) >= 11 is 0. The van der Waals surface area contributed by atoms with E-state index in [-0.39, 0.29) is 0 Å². The highest BCUT2D eigenvalue weighted by Crippen LogP contribution is 2.16. The Morgan fingerprint density at radius 3 is 2.75 bits per heavy atom. The molecule has 0 spiro atoms. The van der Waals surface area contributed by atoms with E-state index in [1.165, 1.54) is 71.1 Å². The summed E-state index contributed by atoms with van der Waals surface area (Å²) in [6, 6.07) is 0. The number of hydrogen-bond donors (Lipinski definition) is 1. The lowest BCUT2D eigenvalue weighted by atomic mass is 9.98. The van der Waals surface area contributed by atoms with Gasteiger partial charge in [-0.25, -0.2) is 0 Å². The standard InChI is InChI=1S/C14H30N2/c1-3-4-5-6-7-10-16-11-8-9-14(13-16)12-15-2/h14-15H,3-13H2,1-2H3. The molecule has 0 aliphatic carbocycles. The van der Waals surface area contributed by atoms with E-state index < -0.39 is 0 Å². The maximum absolute atomic E-state index is 3.32. The summed E-state index contributed by atoms with van der Waals surface area (Å²) in [6.45, 7) is 7.49. The minimum Gasteiger partial charge on any atom is -0.319 e. The van der Waals surface area contributed by atoms with Crippen LogP contribution in [0.5, 0.6) is 0 Å². The van der Waals surface area contributed by atoms with Gasteiger partial charge >= 0.3 is 0 Å². The Labute approximate surface area is 102 Å². The molecule has 1 fully saturated rings. The SMILES string of the molecule is CCCCCCCN1CCCC(CNC)C1. The molecule has 1 N–H and O–H groups in total. The summed E-state index contributed by atoms with van der Waals surface area (Å²) in [4.78, 5) is 2.68. The van der Waals surface area contributed by atoms with Crippen LogP contribution in [0.1, 0.15) is 51.9 Å². The van der Waals surface area contributed by atoms with Gasteiger partial charge in [0.1, 0.15) is 0 Å². The van der Waals surface area contributed by atoms with E-state index in [4.69, 9.17) is 0 Å². The fourth-order valence-corrected chi connectivity index (χ4v) is 2.75. The van der Waals surface area contributed by atoms with Gasteiger partial charge in [-0.1, -0.05) is 32.6 Å². The first-order valence-corrected chi connectivity index (χ1v) is 7.23. The second-order valence-electron chi connectivity index (χ2n) is 5.28. The topological polar surface area (TPSA) is 15.3 Å². The molecular weight excluding hydrogens is 196 g/mol.